The van der Waals surface area contributed by atoms with Gasteiger partial charge in [-0.15, -0.1) is 0 Å². The van der Waals surface area contributed by atoms with Crippen LogP contribution in [0, 0.1) is 10.1 Å². The summed E-state index contributed by atoms with van der Waals surface area (Å²) in [5.41, 5.74) is 6.78. The minimum Gasteiger partial charge on any atom is -0.495 e. The van der Waals surface area contributed by atoms with Gasteiger partial charge in [0.1, 0.15) is 5.75 Å². The minimum atomic E-state index is -1.38. The molecular formula is C14H14N2O4S. The summed E-state index contributed by atoms with van der Waals surface area (Å²) in [6.45, 7) is 0. The molecule has 1 unspecified atom stereocenters. The zero-order chi connectivity index (χ0) is 15.4. The lowest BCUT2D eigenvalue weighted by atomic mass is 10.2. The van der Waals surface area contributed by atoms with Crippen LogP contribution in [0.2, 0.25) is 0 Å². The number of nitrogen functional groups attached to an aromatic ring is 1. The van der Waals surface area contributed by atoms with Gasteiger partial charge in [0, 0.05) is 23.9 Å². The van der Waals surface area contributed by atoms with Crippen LogP contribution in [0.4, 0.5) is 11.4 Å². The Morgan fingerprint density at radius 1 is 1.29 bits per heavy atom. The summed E-state index contributed by atoms with van der Waals surface area (Å²) in [4.78, 5) is 10.8. The highest BCUT2D eigenvalue weighted by Gasteiger charge is 2.13. The molecule has 2 aromatic rings. The van der Waals surface area contributed by atoms with Crippen molar-refractivity contribution < 1.29 is 13.9 Å². The van der Waals surface area contributed by atoms with Crippen LogP contribution in [0.1, 0.15) is 5.56 Å². The van der Waals surface area contributed by atoms with Crippen LogP contribution < -0.4 is 10.5 Å². The van der Waals surface area contributed by atoms with E-state index in [1.807, 2.05) is 0 Å². The molecule has 0 bridgehead atoms. The van der Waals surface area contributed by atoms with Crippen molar-refractivity contribution in [2.24, 2.45) is 0 Å². The Morgan fingerprint density at radius 3 is 2.71 bits per heavy atom. The van der Waals surface area contributed by atoms with Gasteiger partial charge in [-0.2, -0.15) is 0 Å². The maximum absolute atomic E-state index is 12.4. The van der Waals surface area contributed by atoms with Crippen molar-refractivity contribution in [3.05, 3.63) is 58.1 Å². The lowest BCUT2D eigenvalue weighted by Crippen LogP contribution is -2.01. The molecule has 0 saturated carbocycles. The fraction of sp³-hybridized carbons (Fsp3) is 0.143. The van der Waals surface area contributed by atoms with Crippen molar-refractivity contribution in [1.82, 2.24) is 0 Å². The number of ether oxygens (including phenoxy) is 1. The quantitative estimate of drug-likeness (QED) is 0.520. The molecule has 21 heavy (non-hydrogen) atoms. The zero-order valence-corrected chi connectivity index (χ0v) is 12.1. The number of rotatable bonds is 5. The fourth-order valence-electron chi connectivity index (χ4n) is 1.86. The van der Waals surface area contributed by atoms with Crippen molar-refractivity contribution in [2.75, 3.05) is 12.8 Å². The molecule has 0 spiro atoms. The SMILES string of the molecule is COc1cc(N)ccc1S(=O)Cc1cccc([N+](=O)[O-])c1. The standard InChI is InChI=1S/C14H14N2O4S/c1-20-13-8-11(15)5-6-14(13)21(19)9-10-3-2-4-12(7-10)16(17)18/h2-8H,9,15H2,1H3. The van der Waals surface area contributed by atoms with Crippen LogP contribution in [-0.2, 0) is 16.6 Å². The van der Waals surface area contributed by atoms with Gasteiger partial charge >= 0.3 is 0 Å². The first-order chi connectivity index (χ1) is 10.0. The predicted octanol–water partition coefficient (Wildman–Crippen LogP) is 2.49. The Kier molecular flexibility index (Phi) is 4.54. The predicted molar refractivity (Wildman–Crippen MR) is 80.6 cm³/mol. The number of nitrogens with two attached hydrogens (primary N) is 1. The monoisotopic (exact) mass is 306 g/mol. The van der Waals surface area contributed by atoms with E-state index in [1.165, 1.54) is 19.2 Å². The molecule has 1 atom stereocenters. The molecule has 0 amide bonds. The minimum absolute atomic E-state index is 0.0197. The number of nitro groups is 1. The number of benzene rings is 2. The van der Waals surface area contributed by atoms with Crippen molar-refractivity contribution in [2.45, 2.75) is 10.6 Å². The molecule has 110 valence electrons. The largest absolute Gasteiger partial charge is 0.495 e. The van der Waals surface area contributed by atoms with Crippen LogP contribution in [0.25, 0.3) is 0 Å². The van der Waals surface area contributed by atoms with Crippen LogP contribution in [-0.4, -0.2) is 16.2 Å². The van der Waals surface area contributed by atoms with E-state index in [0.29, 0.717) is 21.9 Å². The van der Waals surface area contributed by atoms with E-state index in [9.17, 15) is 14.3 Å². The Balaban J connectivity index is 2.26. The topological polar surface area (TPSA) is 95.5 Å². The Bertz CT molecular complexity index is 703. The van der Waals surface area contributed by atoms with Crippen molar-refractivity contribution in [3.8, 4) is 5.75 Å². The van der Waals surface area contributed by atoms with Gasteiger partial charge in [0.05, 0.1) is 33.5 Å². The molecule has 0 aliphatic heterocycles. The number of hydrogen-bond donors (Lipinski definition) is 1. The second-order valence-electron chi connectivity index (χ2n) is 4.33. The van der Waals surface area contributed by atoms with Gasteiger partial charge in [-0.25, -0.2) is 0 Å². The average Bonchev–Trinajstić information content (AvgIpc) is 2.47. The maximum atomic E-state index is 12.4. The summed E-state index contributed by atoms with van der Waals surface area (Å²) in [5.74, 6) is 0.612. The first-order valence-electron chi connectivity index (χ1n) is 6.06. The summed E-state index contributed by atoms with van der Waals surface area (Å²) in [7, 11) is 0.0963. The number of non-ortho nitro benzene ring substituents is 1. The summed E-state index contributed by atoms with van der Waals surface area (Å²) in [6.07, 6.45) is 0. The Hall–Kier alpha value is -2.41. The fourth-order valence-corrected chi connectivity index (χ4v) is 3.09. The van der Waals surface area contributed by atoms with Gasteiger partial charge in [0.15, 0.2) is 0 Å². The van der Waals surface area contributed by atoms with Crippen LogP contribution in [0.3, 0.4) is 0 Å². The molecular weight excluding hydrogens is 292 g/mol. The smallest absolute Gasteiger partial charge is 0.269 e. The molecule has 0 aliphatic rings. The Labute approximate surface area is 124 Å². The van der Waals surface area contributed by atoms with Gasteiger partial charge in [-0.3, -0.25) is 14.3 Å². The first-order valence-corrected chi connectivity index (χ1v) is 7.38. The van der Waals surface area contributed by atoms with E-state index in [4.69, 9.17) is 10.5 Å². The number of anilines is 1. The van der Waals surface area contributed by atoms with Gasteiger partial charge in [-0.1, -0.05) is 12.1 Å². The lowest BCUT2D eigenvalue weighted by molar-refractivity contribution is -0.384. The zero-order valence-electron chi connectivity index (χ0n) is 11.3. The van der Waals surface area contributed by atoms with E-state index >= 15 is 0 Å². The van der Waals surface area contributed by atoms with Crippen LogP contribution in [0.5, 0.6) is 5.75 Å². The van der Waals surface area contributed by atoms with Gasteiger partial charge in [-0.05, 0) is 17.7 Å². The molecule has 0 radical (unpaired) electrons. The molecule has 0 saturated heterocycles. The van der Waals surface area contributed by atoms with Crippen LogP contribution >= 0.6 is 0 Å². The lowest BCUT2D eigenvalue weighted by Gasteiger charge is -2.09. The number of nitrogens with zero attached hydrogens (tertiary/aromatic N) is 1. The number of methoxy groups -OCH3 is 1. The Morgan fingerprint density at radius 2 is 2.05 bits per heavy atom. The molecule has 0 heterocycles. The van der Waals surface area contributed by atoms with E-state index < -0.39 is 15.7 Å². The van der Waals surface area contributed by atoms with Crippen molar-refractivity contribution in [1.29, 1.82) is 0 Å². The molecule has 0 aromatic heterocycles. The van der Waals surface area contributed by atoms with E-state index in [0.717, 1.165) is 0 Å². The van der Waals surface area contributed by atoms with Crippen LogP contribution in [0.15, 0.2) is 47.4 Å². The number of nitro benzene ring substituents is 1. The molecule has 6 nitrogen and oxygen atoms in total. The second kappa shape index (κ2) is 6.36. The highest BCUT2D eigenvalue weighted by Crippen LogP contribution is 2.27. The van der Waals surface area contributed by atoms with E-state index in [2.05, 4.69) is 0 Å². The highest BCUT2D eigenvalue weighted by atomic mass is 32.2. The first kappa shape index (κ1) is 15.0. The normalized spacial score (nSPS) is 11.9. The van der Waals surface area contributed by atoms with Gasteiger partial charge in [0.2, 0.25) is 0 Å². The maximum Gasteiger partial charge on any atom is 0.269 e. The summed E-state index contributed by atoms with van der Waals surface area (Å²) >= 11 is 0. The number of hydrogen-bond acceptors (Lipinski definition) is 5. The highest BCUT2D eigenvalue weighted by molar-refractivity contribution is 7.84. The average molecular weight is 306 g/mol. The van der Waals surface area contributed by atoms with Gasteiger partial charge < -0.3 is 10.5 Å². The molecule has 2 aromatic carbocycles. The van der Waals surface area contributed by atoms with E-state index in [1.54, 1.807) is 30.3 Å². The van der Waals surface area contributed by atoms with Crippen molar-refractivity contribution >= 4 is 22.2 Å². The molecule has 0 fully saturated rings. The molecule has 7 heteroatoms. The van der Waals surface area contributed by atoms with Crippen molar-refractivity contribution in [3.63, 3.8) is 0 Å². The summed E-state index contributed by atoms with van der Waals surface area (Å²) in [6, 6.07) is 11.0. The second-order valence-corrected chi connectivity index (χ2v) is 5.75. The third-order valence-corrected chi connectivity index (χ3v) is 4.28. The van der Waals surface area contributed by atoms with E-state index in [-0.39, 0.29) is 11.4 Å². The molecule has 0 aliphatic carbocycles. The van der Waals surface area contributed by atoms with Gasteiger partial charge in [0.25, 0.3) is 5.69 Å². The third-order valence-electron chi connectivity index (χ3n) is 2.85. The molecule has 2 N–H and O–H groups in total. The summed E-state index contributed by atoms with van der Waals surface area (Å²) < 4.78 is 17.6. The molecule has 2 rings (SSSR count). The third kappa shape index (κ3) is 3.57. The summed E-state index contributed by atoms with van der Waals surface area (Å²) in [5, 5.41) is 10.7.